The maximum Gasteiger partial charge on any atom is 0.0577 e. The number of hydrogen-bond donors (Lipinski definition) is 3. The predicted octanol–water partition coefficient (Wildman–Crippen LogP) is 4.35. The Labute approximate surface area is 166 Å². The lowest BCUT2D eigenvalue weighted by Crippen LogP contribution is -2.58. The van der Waals surface area contributed by atoms with Crippen LogP contribution in [-0.2, 0) is 0 Å². The van der Waals surface area contributed by atoms with Crippen LogP contribution in [0.1, 0.15) is 85.0 Å². The molecule has 156 valence electrons. The van der Waals surface area contributed by atoms with E-state index in [4.69, 9.17) is 5.73 Å². The summed E-state index contributed by atoms with van der Waals surface area (Å²) in [6.07, 6.45) is 11.4. The zero-order valence-corrected chi connectivity index (χ0v) is 17.9. The second-order valence-corrected chi connectivity index (χ2v) is 11.4. The van der Waals surface area contributed by atoms with Gasteiger partial charge in [0, 0.05) is 0 Å². The molecule has 4 N–H and O–H groups in total. The highest BCUT2D eigenvalue weighted by atomic mass is 16.3. The fourth-order valence-corrected chi connectivity index (χ4v) is 8.82. The van der Waals surface area contributed by atoms with Gasteiger partial charge in [-0.3, -0.25) is 0 Å². The molecule has 0 amide bonds. The highest BCUT2D eigenvalue weighted by Gasteiger charge is 2.62. The minimum atomic E-state index is -0.152. The van der Waals surface area contributed by atoms with Gasteiger partial charge in [0.25, 0.3) is 0 Å². The van der Waals surface area contributed by atoms with E-state index in [2.05, 4.69) is 20.8 Å². The summed E-state index contributed by atoms with van der Waals surface area (Å²) in [5.74, 6) is 3.93. The molecule has 0 heterocycles. The van der Waals surface area contributed by atoms with Gasteiger partial charge in [-0.2, -0.15) is 0 Å². The molecule has 0 radical (unpaired) electrons. The lowest BCUT2D eigenvalue weighted by molar-refractivity contribution is -0.174. The second-order valence-electron chi connectivity index (χ2n) is 11.4. The van der Waals surface area contributed by atoms with Crippen molar-refractivity contribution in [3.8, 4) is 0 Å². The van der Waals surface area contributed by atoms with Crippen molar-refractivity contribution in [3.05, 3.63) is 0 Å². The van der Waals surface area contributed by atoms with E-state index >= 15 is 0 Å². The number of fused-ring (bicyclic) bond motifs is 5. The predicted molar refractivity (Wildman–Crippen MR) is 110 cm³/mol. The summed E-state index contributed by atoms with van der Waals surface area (Å²) in [6.45, 7) is 8.34. The Morgan fingerprint density at radius 3 is 2.41 bits per heavy atom. The van der Waals surface area contributed by atoms with Crippen LogP contribution >= 0.6 is 0 Å². The fourth-order valence-electron chi connectivity index (χ4n) is 8.82. The van der Waals surface area contributed by atoms with Crippen molar-refractivity contribution in [2.24, 2.45) is 52.1 Å². The molecule has 4 aliphatic carbocycles. The molecule has 27 heavy (non-hydrogen) atoms. The first-order valence-corrected chi connectivity index (χ1v) is 11.9. The van der Waals surface area contributed by atoms with Crippen molar-refractivity contribution < 1.29 is 10.2 Å². The Morgan fingerprint density at radius 1 is 0.963 bits per heavy atom. The molecule has 0 aliphatic heterocycles. The number of aliphatic hydroxyl groups excluding tert-OH is 2. The molecule has 3 heteroatoms. The molecule has 3 nitrogen and oxygen atoms in total. The third-order valence-electron chi connectivity index (χ3n) is 10.3. The van der Waals surface area contributed by atoms with E-state index in [0.29, 0.717) is 34.5 Å². The molecule has 4 rings (SSSR count). The van der Waals surface area contributed by atoms with E-state index in [-0.39, 0.29) is 12.2 Å². The summed E-state index contributed by atoms with van der Waals surface area (Å²) in [5, 5.41) is 21.5. The second kappa shape index (κ2) is 7.29. The number of hydrogen-bond acceptors (Lipinski definition) is 3. The quantitative estimate of drug-likeness (QED) is 0.682. The molecule has 4 aliphatic rings. The molecule has 10 atom stereocenters. The highest BCUT2D eigenvalue weighted by molar-refractivity contribution is 5.11. The minimum Gasteiger partial charge on any atom is -0.393 e. The summed E-state index contributed by atoms with van der Waals surface area (Å²) >= 11 is 0. The van der Waals surface area contributed by atoms with Crippen LogP contribution in [0, 0.1) is 46.3 Å². The average Bonchev–Trinajstić information content (AvgIpc) is 2.98. The van der Waals surface area contributed by atoms with Gasteiger partial charge < -0.3 is 15.9 Å². The van der Waals surface area contributed by atoms with Gasteiger partial charge in [0.1, 0.15) is 0 Å². The van der Waals surface area contributed by atoms with E-state index in [1.54, 1.807) is 0 Å². The first kappa shape index (κ1) is 20.2. The summed E-state index contributed by atoms with van der Waals surface area (Å²) < 4.78 is 0. The van der Waals surface area contributed by atoms with Crippen LogP contribution in [0.25, 0.3) is 0 Å². The molecule has 0 unspecified atom stereocenters. The van der Waals surface area contributed by atoms with Gasteiger partial charge in [-0.25, -0.2) is 0 Å². The zero-order chi connectivity index (χ0) is 19.4. The molecule has 0 saturated heterocycles. The lowest BCUT2D eigenvalue weighted by Gasteiger charge is -2.62. The minimum absolute atomic E-state index is 0.139. The molecule has 4 saturated carbocycles. The van der Waals surface area contributed by atoms with Gasteiger partial charge in [0.05, 0.1) is 12.2 Å². The molecule has 0 aromatic carbocycles. The maximum absolute atomic E-state index is 11.3. The van der Waals surface area contributed by atoms with Crippen LogP contribution in [-0.4, -0.2) is 29.0 Å². The summed E-state index contributed by atoms with van der Waals surface area (Å²) in [6, 6.07) is 0. The van der Waals surface area contributed by atoms with Gasteiger partial charge in [-0.1, -0.05) is 20.8 Å². The Balaban J connectivity index is 1.57. The Kier molecular flexibility index (Phi) is 5.44. The van der Waals surface area contributed by atoms with E-state index in [1.165, 1.54) is 32.1 Å². The maximum atomic E-state index is 11.3. The van der Waals surface area contributed by atoms with Crippen LogP contribution in [0.3, 0.4) is 0 Å². The van der Waals surface area contributed by atoms with Crippen molar-refractivity contribution >= 4 is 0 Å². The van der Waals surface area contributed by atoms with Gasteiger partial charge in [-0.05, 0) is 117 Å². The SMILES string of the molecule is C[C@H](CCCN)[C@H]1CC[C@H]2[C@@H]3[C@H](O)C[C@@H]4C[C@H](O)CC[C@]4(C)[C@H]3CC[C@]12C. The van der Waals surface area contributed by atoms with Crippen LogP contribution in [0.4, 0.5) is 0 Å². The van der Waals surface area contributed by atoms with Gasteiger partial charge in [0.2, 0.25) is 0 Å². The average molecular weight is 378 g/mol. The smallest absolute Gasteiger partial charge is 0.0577 e. The monoisotopic (exact) mass is 377 g/mol. The number of nitrogens with two attached hydrogens (primary N) is 1. The Hall–Kier alpha value is -0.120. The molecular weight excluding hydrogens is 334 g/mol. The van der Waals surface area contributed by atoms with Crippen LogP contribution in [0.15, 0.2) is 0 Å². The van der Waals surface area contributed by atoms with Crippen molar-refractivity contribution in [2.45, 2.75) is 97.2 Å². The molecule has 0 spiro atoms. The summed E-state index contributed by atoms with van der Waals surface area (Å²) in [5.41, 5.74) is 6.53. The van der Waals surface area contributed by atoms with Gasteiger partial charge in [0.15, 0.2) is 0 Å². The van der Waals surface area contributed by atoms with Crippen molar-refractivity contribution in [3.63, 3.8) is 0 Å². The van der Waals surface area contributed by atoms with Gasteiger partial charge in [-0.15, -0.1) is 0 Å². The van der Waals surface area contributed by atoms with E-state index in [9.17, 15) is 10.2 Å². The molecular formula is C24H43NO2. The summed E-state index contributed by atoms with van der Waals surface area (Å²) in [7, 11) is 0. The Bertz CT molecular complexity index is 538. The normalized spacial score (nSPS) is 53.3. The van der Waals surface area contributed by atoms with Crippen molar-refractivity contribution in [2.75, 3.05) is 6.54 Å². The number of aliphatic hydroxyl groups is 2. The molecule has 4 fully saturated rings. The van der Waals surface area contributed by atoms with Crippen molar-refractivity contribution in [1.29, 1.82) is 0 Å². The summed E-state index contributed by atoms with van der Waals surface area (Å²) in [4.78, 5) is 0. The van der Waals surface area contributed by atoms with Crippen LogP contribution < -0.4 is 5.73 Å². The first-order chi connectivity index (χ1) is 12.8. The van der Waals surface area contributed by atoms with E-state index in [0.717, 1.165) is 50.5 Å². The number of rotatable bonds is 4. The largest absolute Gasteiger partial charge is 0.393 e. The van der Waals surface area contributed by atoms with Crippen LogP contribution in [0.5, 0.6) is 0 Å². The fraction of sp³-hybridized carbons (Fsp3) is 1.00. The van der Waals surface area contributed by atoms with Crippen molar-refractivity contribution in [1.82, 2.24) is 0 Å². The Morgan fingerprint density at radius 2 is 1.67 bits per heavy atom. The zero-order valence-electron chi connectivity index (χ0n) is 17.9. The van der Waals surface area contributed by atoms with E-state index < -0.39 is 0 Å². The molecule has 0 bridgehead atoms. The van der Waals surface area contributed by atoms with E-state index in [1.807, 2.05) is 0 Å². The third-order valence-corrected chi connectivity index (χ3v) is 10.3. The first-order valence-electron chi connectivity index (χ1n) is 11.9. The highest BCUT2D eigenvalue weighted by Crippen LogP contribution is 2.68. The molecule has 0 aromatic rings. The molecule has 0 aromatic heterocycles. The topological polar surface area (TPSA) is 66.5 Å². The standard InChI is InChI=1S/C24H43NO2/c1-15(5-4-12-25)18-6-7-19-22-20(9-11-24(18,19)3)23(2)10-8-17(26)13-16(23)14-21(22)27/h15-22,26-27H,4-14,25H2,1-3H3/t15-,16+,17-,18-,19+,20+,21-,22+,23+,24-/m1/s1. The van der Waals surface area contributed by atoms with Gasteiger partial charge >= 0.3 is 0 Å². The third kappa shape index (κ3) is 3.11. The van der Waals surface area contributed by atoms with Crippen LogP contribution in [0.2, 0.25) is 0 Å². The lowest BCUT2D eigenvalue weighted by atomic mass is 9.43.